The number of urea groups is 1. The molecule has 3 aromatic rings. The van der Waals surface area contributed by atoms with E-state index in [4.69, 9.17) is 30.9 Å². The fourth-order valence-corrected chi connectivity index (χ4v) is 5.04. The molecule has 1 saturated heterocycles. The first-order chi connectivity index (χ1) is 18.5. The van der Waals surface area contributed by atoms with Crippen LogP contribution < -0.4 is 15.0 Å². The fraction of sp³-hybridized carbons (Fsp3) is 0.444. The minimum Gasteiger partial charge on any atom is -0.481 e. The molecular weight excluding hydrogens is 513 g/mol. The van der Waals surface area contributed by atoms with Gasteiger partial charge in [0.15, 0.2) is 6.29 Å². The molecule has 1 fully saturated rings. The Morgan fingerprint density at radius 2 is 2.16 bits per heavy atom. The van der Waals surface area contributed by atoms with Crippen LogP contribution in [0.5, 0.6) is 5.88 Å². The van der Waals surface area contributed by atoms with E-state index in [0.29, 0.717) is 30.4 Å². The van der Waals surface area contributed by atoms with Crippen molar-refractivity contribution in [3.63, 3.8) is 0 Å². The number of carbonyl (C=O) groups excluding carboxylic acids is 1. The highest BCUT2D eigenvalue weighted by Gasteiger charge is 2.27. The maximum Gasteiger partial charge on any atom is 0.326 e. The summed E-state index contributed by atoms with van der Waals surface area (Å²) in [6, 6.07) is 7.09. The first-order valence-electron chi connectivity index (χ1n) is 12.9. The van der Waals surface area contributed by atoms with Crippen molar-refractivity contribution in [2.24, 2.45) is 0 Å². The number of fused-ring (bicyclic) bond motifs is 1. The van der Waals surface area contributed by atoms with Crippen molar-refractivity contribution < 1.29 is 23.4 Å². The molecule has 38 heavy (non-hydrogen) atoms. The monoisotopic (exact) mass is 543 g/mol. The third kappa shape index (κ3) is 6.09. The lowest BCUT2D eigenvalue weighted by Gasteiger charge is -2.23. The van der Waals surface area contributed by atoms with Gasteiger partial charge in [0, 0.05) is 24.1 Å². The molecule has 1 N–H and O–H groups in total. The number of anilines is 2. The van der Waals surface area contributed by atoms with Gasteiger partial charge in [-0.25, -0.2) is 14.2 Å². The standard InChI is InChI=1S/C27H31ClFN5O4/c1-36-25-11-9-19(16-30-25)33(27(35)31-18-8-10-22(29)21(28)15-18)17-23-20-5-4-6-24(20)34(32-23)12-14-38-26-7-2-3-13-37-26/h8-11,15-16,26H,2-7,12-14,17H2,1H3,(H,31,35). The summed E-state index contributed by atoms with van der Waals surface area (Å²) in [6.45, 7) is 2.10. The van der Waals surface area contributed by atoms with Gasteiger partial charge in [0.2, 0.25) is 5.88 Å². The number of ether oxygens (including phenoxy) is 3. The highest BCUT2D eigenvalue weighted by molar-refractivity contribution is 6.31. The Labute approximate surface area is 225 Å². The third-order valence-electron chi connectivity index (χ3n) is 6.80. The van der Waals surface area contributed by atoms with Gasteiger partial charge in [-0.1, -0.05) is 11.6 Å². The second-order valence-corrected chi connectivity index (χ2v) is 9.73. The number of rotatable bonds is 9. The van der Waals surface area contributed by atoms with E-state index in [-0.39, 0.29) is 17.9 Å². The van der Waals surface area contributed by atoms with Crippen LogP contribution in [0.15, 0.2) is 36.5 Å². The molecule has 0 spiro atoms. The minimum atomic E-state index is -0.555. The van der Waals surface area contributed by atoms with Gasteiger partial charge in [-0.2, -0.15) is 5.10 Å². The molecule has 1 atom stereocenters. The van der Waals surface area contributed by atoms with Crippen molar-refractivity contribution >= 4 is 29.0 Å². The van der Waals surface area contributed by atoms with Gasteiger partial charge in [0.05, 0.1) is 49.4 Å². The van der Waals surface area contributed by atoms with E-state index < -0.39 is 11.8 Å². The van der Waals surface area contributed by atoms with E-state index in [2.05, 4.69) is 10.3 Å². The number of methoxy groups -OCH3 is 1. The van der Waals surface area contributed by atoms with Crippen LogP contribution in [0, 0.1) is 5.82 Å². The van der Waals surface area contributed by atoms with E-state index >= 15 is 0 Å². The highest BCUT2D eigenvalue weighted by atomic mass is 35.5. The van der Waals surface area contributed by atoms with Crippen LogP contribution in [0.25, 0.3) is 0 Å². The van der Waals surface area contributed by atoms with Crippen molar-refractivity contribution in [3.05, 3.63) is 64.3 Å². The number of amides is 2. The van der Waals surface area contributed by atoms with E-state index in [0.717, 1.165) is 50.8 Å². The molecule has 11 heteroatoms. The lowest BCUT2D eigenvalue weighted by Crippen LogP contribution is -2.35. The van der Waals surface area contributed by atoms with Gasteiger partial charge < -0.3 is 19.5 Å². The molecule has 1 aliphatic carbocycles. The number of carbonyl (C=O) groups is 1. The zero-order valence-corrected chi connectivity index (χ0v) is 22.0. The van der Waals surface area contributed by atoms with Crippen LogP contribution >= 0.6 is 11.6 Å². The molecule has 9 nitrogen and oxygen atoms in total. The van der Waals surface area contributed by atoms with Gasteiger partial charge >= 0.3 is 6.03 Å². The number of halogens is 2. The second-order valence-electron chi connectivity index (χ2n) is 9.32. The van der Waals surface area contributed by atoms with Crippen LogP contribution in [0.4, 0.5) is 20.6 Å². The summed E-state index contributed by atoms with van der Waals surface area (Å²) < 4.78 is 32.4. The predicted octanol–water partition coefficient (Wildman–Crippen LogP) is 5.35. The maximum absolute atomic E-state index is 13.6. The van der Waals surface area contributed by atoms with Gasteiger partial charge in [0.25, 0.3) is 0 Å². The van der Waals surface area contributed by atoms with Crippen molar-refractivity contribution in [3.8, 4) is 5.88 Å². The highest BCUT2D eigenvalue weighted by Crippen LogP contribution is 2.29. The Morgan fingerprint density at radius 1 is 1.26 bits per heavy atom. The van der Waals surface area contributed by atoms with E-state index in [1.807, 2.05) is 4.68 Å². The third-order valence-corrected chi connectivity index (χ3v) is 7.09. The average Bonchev–Trinajstić information content (AvgIpc) is 3.54. The molecule has 2 aliphatic rings. The molecule has 0 saturated carbocycles. The van der Waals surface area contributed by atoms with E-state index in [1.165, 1.54) is 36.6 Å². The Bertz CT molecular complexity index is 1260. The number of pyridine rings is 1. The SMILES string of the molecule is COc1ccc(N(Cc2nn(CCOC3CCCCO3)c3c2CCC3)C(=O)Nc2ccc(F)c(Cl)c2)cn1. The largest absolute Gasteiger partial charge is 0.481 e. The summed E-state index contributed by atoms with van der Waals surface area (Å²) >= 11 is 5.92. The summed E-state index contributed by atoms with van der Waals surface area (Å²) in [7, 11) is 1.53. The number of nitrogens with zero attached hydrogens (tertiary/aromatic N) is 4. The van der Waals surface area contributed by atoms with Gasteiger partial charge in [0.1, 0.15) is 5.82 Å². The Hall–Kier alpha value is -3.21. The number of hydrogen-bond acceptors (Lipinski definition) is 6. The molecule has 3 heterocycles. The first-order valence-corrected chi connectivity index (χ1v) is 13.2. The number of benzene rings is 1. The topological polar surface area (TPSA) is 90.7 Å². The van der Waals surface area contributed by atoms with Crippen LogP contribution in [0.2, 0.25) is 5.02 Å². The Morgan fingerprint density at radius 3 is 2.89 bits per heavy atom. The molecule has 1 aliphatic heterocycles. The zero-order valence-electron chi connectivity index (χ0n) is 21.3. The molecular formula is C27H31ClFN5O4. The van der Waals surface area contributed by atoms with E-state index in [1.54, 1.807) is 23.2 Å². The quantitative estimate of drug-likeness (QED) is 0.391. The summed E-state index contributed by atoms with van der Waals surface area (Å²) in [4.78, 5) is 19.3. The van der Waals surface area contributed by atoms with Gasteiger partial charge in [-0.05, 0) is 68.4 Å². The summed E-state index contributed by atoms with van der Waals surface area (Å²) in [5.74, 6) is -0.118. The molecule has 1 aromatic carbocycles. The lowest BCUT2D eigenvalue weighted by atomic mass is 10.2. The minimum absolute atomic E-state index is 0.0714. The number of aromatic nitrogens is 3. The van der Waals surface area contributed by atoms with Crippen LogP contribution in [-0.4, -0.2) is 47.4 Å². The molecule has 2 aromatic heterocycles. The predicted molar refractivity (Wildman–Crippen MR) is 141 cm³/mol. The summed E-state index contributed by atoms with van der Waals surface area (Å²) in [5, 5.41) is 7.63. The molecule has 5 rings (SSSR count). The smallest absolute Gasteiger partial charge is 0.326 e. The Kier molecular flexibility index (Phi) is 8.41. The van der Waals surface area contributed by atoms with Crippen LogP contribution in [-0.2, 0) is 35.4 Å². The van der Waals surface area contributed by atoms with Crippen LogP contribution in [0.1, 0.15) is 42.6 Å². The molecule has 0 bridgehead atoms. The van der Waals surface area contributed by atoms with Crippen molar-refractivity contribution in [1.29, 1.82) is 0 Å². The van der Waals surface area contributed by atoms with E-state index in [9.17, 15) is 9.18 Å². The van der Waals surface area contributed by atoms with Gasteiger partial charge in [-0.3, -0.25) is 9.58 Å². The normalized spacial score (nSPS) is 16.8. The Balaban J connectivity index is 1.36. The zero-order chi connectivity index (χ0) is 26.5. The maximum atomic E-state index is 13.6. The van der Waals surface area contributed by atoms with Crippen molar-refractivity contribution in [2.75, 3.05) is 30.5 Å². The number of hydrogen-bond donors (Lipinski definition) is 1. The lowest BCUT2D eigenvalue weighted by molar-refractivity contribution is -0.163. The number of nitrogens with one attached hydrogen (secondary N) is 1. The molecule has 202 valence electrons. The van der Waals surface area contributed by atoms with Crippen LogP contribution in [0.3, 0.4) is 0 Å². The fourth-order valence-electron chi connectivity index (χ4n) is 4.86. The molecule has 2 amide bonds. The molecule has 1 unspecified atom stereocenters. The average molecular weight is 544 g/mol. The first kappa shape index (κ1) is 26.4. The van der Waals surface area contributed by atoms with Gasteiger partial charge in [-0.15, -0.1) is 0 Å². The summed E-state index contributed by atoms with van der Waals surface area (Å²) in [5.41, 5.74) is 4.13. The van der Waals surface area contributed by atoms with Crippen molar-refractivity contribution in [1.82, 2.24) is 14.8 Å². The molecule has 0 radical (unpaired) electrons. The summed E-state index contributed by atoms with van der Waals surface area (Å²) in [6.07, 6.45) is 7.43. The second kappa shape index (κ2) is 12.1. The van der Waals surface area contributed by atoms with Crippen molar-refractivity contribution in [2.45, 2.75) is 57.9 Å².